The summed E-state index contributed by atoms with van der Waals surface area (Å²) in [5.74, 6) is -2.70. The standard InChI is InChI=1S/C17H15F2N3O2S2/c1-2-22-15(12-6-4-3-5-7-12)20-21-17(22)25-13-8-10-14(11-9-13)26(23,24)16(18)19/h3-11,16H,2H2,1H3. The van der Waals surface area contributed by atoms with E-state index in [4.69, 9.17) is 0 Å². The third kappa shape index (κ3) is 3.63. The van der Waals surface area contributed by atoms with Crippen molar-refractivity contribution in [2.45, 2.75) is 34.2 Å². The Hall–Kier alpha value is -2.26. The van der Waals surface area contributed by atoms with Crippen LogP contribution in [0.1, 0.15) is 6.92 Å². The topological polar surface area (TPSA) is 64.8 Å². The van der Waals surface area contributed by atoms with Crippen molar-refractivity contribution in [3.63, 3.8) is 0 Å². The summed E-state index contributed by atoms with van der Waals surface area (Å²) in [4.78, 5) is 0.277. The highest BCUT2D eigenvalue weighted by molar-refractivity contribution is 7.99. The van der Waals surface area contributed by atoms with E-state index in [9.17, 15) is 17.2 Å². The maximum absolute atomic E-state index is 12.6. The smallest absolute Gasteiger partial charge is 0.302 e. The second-order valence-electron chi connectivity index (χ2n) is 5.30. The largest absolute Gasteiger partial charge is 0.341 e. The number of nitrogens with zero attached hydrogens (tertiary/aromatic N) is 3. The molecule has 3 aromatic rings. The van der Waals surface area contributed by atoms with Crippen LogP contribution in [-0.2, 0) is 16.4 Å². The van der Waals surface area contributed by atoms with Gasteiger partial charge >= 0.3 is 5.76 Å². The summed E-state index contributed by atoms with van der Waals surface area (Å²) in [7, 11) is -4.59. The van der Waals surface area contributed by atoms with Crippen molar-refractivity contribution in [2.24, 2.45) is 0 Å². The number of hydrogen-bond donors (Lipinski definition) is 0. The summed E-state index contributed by atoms with van der Waals surface area (Å²) in [6.45, 7) is 2.62. The number of alkyl halides is 2. The van der Waals surface area contributed by atoms with E-state index in [0.29, 0.717) is 16.6 Å². The van der Waals surface area contributed by atoms with Gasteiger partial charge in [-0.1, -0.05) is 30.3 Å². The van der Waals surface area contributed by atoms with Gasteiger partial charge in [-0.15, -0.1) is 10.2 Å². The van der Waals surface area contributed by atoms with Crippen LogP contribution < -0.4 is 0 Å². The van der Waals surface area contributed by atoms with Crippen LogP contribution in [0.2, 0.25) is 0 Å². The summed E-state index contributed by atoms with van der Waals surface area (Å²) >= 11 is 1.29. The second kappa shape index (κ2) is 7.55. The highest BCUT2D eigenvalue weighted by atomic mass is 32.2. The molecule has 9 heteroatoms. The fraction of sp³-hybridized carbons (Fsp3) is 0.176. The van der Waals surface area contributed by atoms with Gasteiger partial charge in [0.2, 0.25) is 9.84 Å². The molecule has 0 bridgehead atoms. The molecule has 2 aromatic carbocycles. The Balaban J connectivity index is 1.87. The lowest BCUT2D eigenvalue weighted by Crippen LogP contribution is -2.11. The van der Waals surface area contributed by atoms with Crippen LogP contribution in [0.4, 0.5) is 8.78 Å². The van der Waals surface area contributed by atoms with E-state index in [-0.39, 0.29) is 0 Å². The summed E-state index contributed by atoms with van der Waals surface area (Å²) in [5, 5.41) is 9.06. The third-order valence-corrected chi connectivity index (χ3v) is 6.05. The number of halogens is 2. The lowest BCUT2D eigenvalue weighted by atomic mass is 10.2. The lowest BCUT2D eigenvalue weighted by Gasteiger charge is -2.08. The van der Waals surface area contributed by atoms with Gasteiger partial charge in [0.1, 0.15) is 0 Å². The van der Waals surface area contributed by atoms with Crippen molar-refractivity contribution in [1.29, 1.82) is 0 Å². The van der Waals surface area contributed by atoms with Crippen LogP contribution in [0.3, 0.4) is 0 Å². The van der Waals surface area contributed by atoms with E-state index in [1.54, 1.807) is 0 Å². The highest BCUT2D eigenvalue weighted by Crippen LogP contribution is 2.30. The molecule has 136 valence electrons. The fourth-order valence-corrected chi connectivity index (χ4v) is 3.97. The molecule has 0 radical (unpaired) electrons. The average molecular weight is 395 g/mol. The summed E-state index contributed by atoms with van der Waals surface area (Å²) < 4.78 is 50.1. The Kier molecular flexibility index (Phi) is 5.38. The van der Waals surface area contributed by atoms with Crippen molar-refractivity contribution in [2.75, 3.05) is 0 Å². The maximum atomic E-state index is 12.6. The van der Waals surface area contributed by atoms with Gasteiger partial charge in [-0.05, 0) is 43.0 Å². The zero-order chi connectivity index (χ0) is 18.7. The van der Waals surface area contributed by atoms with Crippen molar-refractivity contribution < 1.29 is 17.2 Å². The molecule has 0 aliphatic carbocycles. The molecule has 5 nitrogen and oxygen atoms in total. The molecule has 0 aliphatic rings. The second-order valence-corrected chi connectivity index (χ2v) is 8.25. The van der Waals surface area contributed by atoms with Gasteiger partial charge in [0, 0.05) is 17.0 Å². The first-order valence-electron chi connectivity index (χ1n) is 7.72. The summed E-state index contributed by atoms with van der Waals surface area (Å²) in [6.07, 6.45) is 0. The summed E-state index contributed by atoms with van der Waals surface area (Å²) in [5.41, 5.74) is 0.937. The van der Waals surface area contributed by atoms with Crippen LogP contribution in [0.25, 0.3) is 11.4 Å². The van der Waals surface area contributed by atoms with Crippen LogP contribution in [-0.4, -0.2) is 28.9 Å². The van der Waals surface area contributed by atoms with Gasteiger partial charge in [0.05, 0.1) is 4.90 Å². The van der Waals surface area contributed by atoms with E-state index < -0.39 is 20.5 Å². The number of benzene rings is 2. The minimum Gasteiger partial charge on any atom is -0.302 e. The maximum Gasteiger partial charge on any atom is 0.341 e. The number of sulfone groups is 1. The Morgan fingerprint density at radius 2 is 1.69 bits per heavy atom. The monoisotopic (exact) mass is 395 g/mol. The number of aromatic nitrogens is 3. The third-order valence-electron chi connectivity index (χ3n) is 3.66. The minimum atomic E-state index is -4.59. The van der Waals surface area contributed by atoms with Gasteiger partial charge in [-0.3, -0.25) is 0 Å². The number of rotatable bonds is 6. The van der Waals surface area contributed by atoms with Crippen molar-refractivity contribution in [1.82, 2.24) is 14.8 Å². The van der Waals surface area contributed by atoms with Crippen molar-refractivity contribution in [3.8, 4) is 11.4 Å². The van der Waals surface area contributed by atoms with E-state index >= 15 is 0 Å². The quantitative estimate of drug-likeness (QED) is 0.628. The Bertz CT molecular complexity index is 989. The molecule has 1 heterocycles. The Morgan fingerprint density at radius 3 is 2.27 bits per heavy atom. The molecule has 0 fully saturated rings. The molecule has 0 N–H and O–H groups in total. The van der Waals surface area contributed by atoms with Gasteiger partial charge in [-0.2, -0.15) is 8.78 Å². The lowest BCUT2D eigenvalue weighted by molar-refractivity contribution is 0.234. The first-order valence-corrected chi connectivity index (χ1v) is 10.1. The number of hydrogen-bond acceptors (Lipinski definition) is 5. The van der Waals surface area contributed by atoms with Gasteiger partial charge in [0.15, 0.2) is 11.0 Å². The van der Waals surface area contributed by atoms with Gasteiger partial charge in [-0.25, -0.2) is 8.42 Å². The van der Waals surface area contributed by atoms with Crippen LogP contribution in [0.15, 0.2) is 69.5 Å². The van der Waals surface area contributed by atoms with Crippen molar-refractivity contribution >= 4 is 21.6 Å². The molecule has 0 saturated heterocycles. The molecular formula is C17H15F2N3O2S2. The average Bonchev–Trinajstić information content (AvgIpc) is 3.05. The molecule has 3 rings (SSSR count). The SMILES string of the molecule is CCn1c(Sc2ccc(S(=O)(=O)C(F)F)cc2)nnc1-c1ccccc1. The molecule has 0 saturated carbocycles. The van der Waals surface area contributed by atoms with Gasteiger partial charge in [0.25, 0.3) is 0 Å². The summed E-state index contributed by atoms with van der Waals surface area (Å²) in [6, 6.07) is 14.9. The predicted octanol–water partition coefficient (Wildman–Crippen LogP) is 4.11. The molecule has 0 aliphatic heterocycles. The zero-order valence-corrected chi connectivity index (χ0v) is 15.3. The molecular weight excluding hydrogens is 380 g/mol. The molecule has 26 heavy (non-hydrogen) atoms. The zero-order valence-electron chi connectivity index (χ0n) is 13.7. The molecule has 0 amide bonds. The van der Waals surface area contributed by atoms with Crippen LogP contribution >= 0.6 is 11.8 Å². The van der Waals surface area contributed by atoms with E-state index in [1.165, 1.54) is 36.0 Å². The Morgan fingerprint density at radius 1 is 1.04 bits per heavy atom. The predicted molar refractivity (Wildman–Crippen MR) is 94.9 cm³/mol. The van der Waals surface area contributed by atoms with E-state index in [1.807, 2.05) is 41.8 Å². The van der Waals surface area contributed by atoms with E-state index in [2.05, 4.69) is 10.2 Å². The Labute approximate surface area is 154 Å². The fourth-order valence-electron chi connectivity index (χ4n) is 2.36. The van der Waals surface area contributed by atoms with Crippen molar-refractivity contribution in [3.05, 3.63) is 54.6 Å². The highest BCUT2D eigenvalue weighted by Gasteiger charge is 2.26. The van der Waals surface area contributed by atoms with Crippen LogP contribution in [0, 0.1) is 0 Å². The normalized spacial score (nSPS) is 11.8. The van der Waals surface area contributed by atoms with E-state index in [0.717, 1.165) is 11.4 Å². The molecule has 0 spiro atoms. The first-order chi connectivity index (χ1) is 12.4. The minimum absolute atomic E-state index is 0.404. The molecule has 1 aromatic heterocycles. The molecule has 0 unspecified atom stereocenters. The van der Waals surface area contributed by atoms with Gasteiger partial charge < -0.3 is 4.57 Å². The molecule has 0 atom stereocenters. The van der Waals surface area contributed by atoms with Crippen LogP contribution in [0.5, 0.6) is 0 Å². The first kappa shape index (κ1) is 18.5.